The van der Waals surface area contributed by atoms with Crippen molar-refractivity contribution in [2.45, 2.75) is 45.3 Å². The molecule has 6 nitrogen and oxygen atoms in total. The summed E-state index contributed by atoms with van der Waals surface area (Å²) < 4.78 is 41.3. The van der Waals surface area contributed by atoms with Gasteiger partial charge < -0.3 is 5.32 Å². The molecule has 0 bridgehead atoms. The van der Waals surface area contributed by atoms with Crippen LogP contribution in [0.4, 0.5) is 13.2 Å². The summed E-state index contributed by atoms with van der Waals surface area (Å²) in [5.74, 6) is 0.0439. The molecule has 0 aromatic carbocycles. The molecule has 1 aliphatic rings. The second-order valence-corrected chi connectivity index (χ2v) is 6.79. The molecule has 0 spiro atoms. The lowest BCUT2D eigenvalue weighted by atomic mass is 9.91. The number of aromatic nitrogens is 4. The quantitative estimate of drug-likeness (QED) is 0.700. The van der Waals surface area contributed by atoms with Gasteiger partial charge in [-0.15, -0.1) is 0 Å². The second-order valence-electron chi connectivity index (χ2n) is 6.79. The van der Waals surface area contributed by atoms with Crippen LogP contribution in [0.2, 0.25) is 0 Å². The number of nitrogens with one attached hydrogen (secondary N) is 1. The van der Waals surface area contributed by atoms with Gasteiger partial charge in [0, 0.05) is 29.7 Å². The van der Waals surface area contributed by atoms with Crippen molar-refractivity contribution in [2.24, 2.45) is 0 Å². The van der Waals surface area contributed by atoms with Crippen LogP contribution >= 0.6 is 0 Å². The summed E-state index contributed by atoms with van der Waals surface area (Å²) in [5, 5.41) is 3.25. The number of rotatable bonds is 3. The largest absolute Gasteiger partial charge is 0.433 e. The molecular formula is C21H24F3N5O. The molecule has 0 aliphatic carbocycles. The molecule has 1 fully saturated rings. The molecule has 0 atom stereocenters. The number of nitrogens with zero attached hydrogens (tertiary/aromatic N) is 4. The average Bonchev–Trinajstić information content (AvgIpc) is 2.77. The molecule has 4 heterocycles. The minimum atomic E-state index is -4.60. The van der Waals surface area contributed by atoms with Gasteiger partial charge in [-0.2, -0.15) is 13.2 Å². The van der Waals surface area contributed by atoms with Gasteiger partial charge in [0.2, 0.25) is 0 Å². The standard InChI is InChI=1S/C19H18F3N5O.C2H6/c20-19(21,22)16-13(2-1-5-25-16)11-27-17-15(24-8-9-26-17)10-14(18(27)28)12-3-6-23-7-4-12;1-2/h1-2,5,8-10,12,23H,3-4,6-7,11H2;1-2H3. The molecule has 1 saturated heterocycles. The van der Waals surface area contributed by atoms with Crippen LogP contribution in [-0.4, -0.2) is 32.6 Å². The van der Waals surface area contributed by atoms with Gasteiger partial charge >= 0.3 is 6.18 Å². The maximum absolute atomic E-state index is 13.4. The molecule has 0 amide bonds. The molecule has 9 heteroatoms. The summed E-state index contributed by atoms with van der Waals surface area (Å²) in [6.07, 6.45) is 1.02. The highest BCUT2D eigenvalue weighted by Crippen LogP contribution is 2.31. The van der Waals surface area contributed by atoms with Crippen LogP contribution in [0.3, 0.4) is 0 Å². The van der Waals surface area contributed by atoms with Crippen molar-refractivity contribution in [1.29, 1.82) is 0 Å². The predicted molar refractivity (Wildman–Crippen MR) is 108 cm³/mol. The van der Waals surface area contributed by atoms with E-state index in [4.69, 9.17) is 0 Å². The van der Waals surface area contributed by atoms with Crippen LogP contribution in [0, 0.1) is 0 Å². The van der Waals surface area contributed by atoms with E-state index in [0.29, 0.717) is 11.1 Å². The third kappa shape index (κ3) is 4.51. The van der Waals surface area contributed by atoms with Crippen LogP contribution in [0.1, 0.15) is 49.4 Å². The first-order valence-electron chi connectivity index (χ1n) is 10.0. The van der Waals surface area contributed by atoms with E-state index in [1.54, 1.807) is 6.07 Å². The van der Waals surface area contributed by atoms with Crippen LogP contribution in [0.5, 0.6) is 0 Å². The van der Waals surface area contributed by atoms with Crippen LogP contribution in [0.15, 0.2) is 41.6 Å². The Bertz CT molecular complexity index is 1060. The summed E-state index contributed by atoms with van der Waals surface area (Å²) >= 11 is 0. The van der Waals surface area contributed by atoms with Crippen molar-refractivity contribution in [3.8, 4) is 0 Å². The Morgan fingerprint density at radius 3 is 2.50 bits per heavy atom. The van der Waals surface area contributed by atoms with Crippen molar-refractivity contribution in [3.63, 3.8) is 0 Å². The van der Waals surface area contributed by atoms with Crippen molar-refractivity contribution >= 4 is 11.2 Å². The van der Waals surface area contributed by atoms with E-state index in [9.17, 15) is 18.0 Å². The molecule has 3 aromatic rings. The fraction of sp³-hybridized carbons (Fsp3) is 0.429. The Balaban J connectivity index is 0.00000124. The van der Waals surface area contributed by atoms with Gasteiger partial charge in [0.05, 0.1) is 6.54 Å². The van der Waals surface area contributed by atoms with Crippen molar-refractivity contribution in [1.82, 2.24) is 24.8 Å². The zero-order valence-electron chi connectivity index (χ0n) is 16.9. The normalized spacial score (nSPS) is 15.0. The molecule has 4 rings (SSSR count). The Hall–Kier alpha value is -2.81. The molecule has 3 aromatic heterocycles. The SMILES string of the molecule is CC.O=c1c(C2CCNCC2)cc2nccnc2n1Cc1cccnc1C(F)(F)F. The Labute approximate surface area is 172 Å². The molecule has 30 heavy (non-hydrogen) atoms. The van der Waals surface area contributed by atoms with Gasteiger partial charge in [-0.1, -0.05) is 19.9 Å². The van der Waals surface area contributed by atoms with Crippen LogP contribution in [-0.2, 0) is 12.7 Å². The number of piperidine rings is 1. The molecule has 0 unspecified atom stereocenters. The van der Waals surface area contributed by atoms with Gasteiger partial charge in [0.25, 0.3) is 5.56 Å². The third-order valence-electron chi connectivity index (χ3n) is 5.01. The van der Waals surface area contributed by atoms with Crippen molar-refractivity contribution in [2.75, 3.05) is 13.1 Å². The van der Waals surface area contributed by atoms with Crippen molar-refractivity contribution in [3.05, 3.63) is 64.0 Å². The fourth-order valence-electron chi connectivity index (χ4n) is 3.68. The highest BCUT2D eigenvalue weighted by atomic mass is 19.4. The molecule has 1 aliphatic heterocycles. The zero-order valence-corrected chi connectivity index (χ0v) is 16.9. The van der Waals surface area contributed by atoms with E-state index in [1.807, 2.05) is 13.8 Å². The minimum absolute atomic E-state index is 0.0439. The summed E-state index contributed by atoms with van der Waals surface area (Å²) in [4.78, 5) is 25.2. The molecule has 160 valence electrons. The number of fused-ring (bicyclic) bond motifs is 1. The van der Waals surface area contributed by atoms with Gasteiger partial charge in [0.1, 0.15) is 11.2 Å². The Morgan fingerprint density at radius 2 is 1.80 bits per heavy atom. The zero-order chi connectivity index (χ0) is 21.7. The number of pyridine rings is 2. The fourth-order valence-corrected chi connectivity index (χ4v) is 3.68. The molecular weight excluding hydrogens is 395 g/mol. The van der Waals surface area contributed by atoms with Crippen molar-refractivity contribution < 1.29 is 13.2 Å². The highest BCUT2D eigenvalue weighted by molar-refractivity contribution is 5.70. The number of hydrogen-bond donors (Lipinski definition) is 1. The van der Waals surface area contributed by atoms with E-state index in [2.05, 4.69) is 20.3 Å². The van der Waals surface area contributed by atoms with Crippen LogP contribution in [0.25, 0.3) is 11.2 Å². The lowest BCUT2D eigenvalue weighted by molar-refractivity contribution is -0.141. The third-order valence-corrected chi connectivity index (χ3v) is 5.01. The predicted octanol–water partition coefficient (Wildman–Crippen LogP) is 3.75. The average molecular weight is 419 g/mol. The van der Waals surface area contributed by atoms with E-state index in [0.717, 1.165) is 32.1 Å². The lowest BCUT2D eigenvalue weighted by Crippen LogP contribution is -2.33. The minimum Gasteiger partial charge on any atom is -0.317 e. The topological polar surface area (TPSA) is 72.7 Å². The summed E-state index contributed by atoms with van der Waals surface area (Å²) in [7, 11) is 0. The first-order valence-corrected chi connectivity index (χ1v) is 10.0. The smallest absolute Gasteiger partial charge is 0.317 e. The summed E-state index contributed by atoms with van der Waals surface area (Å²) in [6, 6.07) is 4.49. The van der Waals surface area contributed by atoms with E-state index < -0.39 is 11.9 Å². The second kappa shape index (κ2) is 9.34. The Kier molecular flexibility index (Phi) is 6.81. The van der Waals surface area contributed by atoms with E-state index in [-0.39, 0.29) is 29.2 Å². The number of hydrogen-bond acceptors (Lipinski definition) is 5. The molecule has 0 radical (unpaired) electrons. The first-order chi connectivity index (χ1) is 14.4. The summed E-state index contributed by atoms with van der Waals surface area (Å²) in [5.41, 5.74) is -0.0585. The maximum Gasteiger partial charge on any atom is 0.433 e. The highest BCUT2D eigenvalue weighted by Gasteiger charge is 2.35. The maximum atomic E-state index is 13.4. The molecule has 0 saturated carbocycles. The number of halogens is 3. The van der Waals surface area contributed by atoms with Gasteiger partial charge in [-0.05, 0) is 44.0 Å². The van der Waals surface area contributed by atoms with Gasteiger partial charge in [-0.25, -0.2) is 4.98 Å². The van der Waals surface area contributed by atoms with Crippen LogP contribution < -0.4 is 10.9 Å². The van der Waals surface area contributed by atoms with E-state index in [1.165, 1.54) is 29.1 Å². The first kappa shape index (κ1) is 21.9. The monoisotopic (exact) mass is 419 g/mol. The lowest BCUT2D eigenvalue weighted by Gasteiger charge is -2.23. The molecule has 1 N–H and O–H groups in total. The number of alkyl halides is 3. The van der Waals surface area contributed by atoms with E-state index >= 15 is 0 Å². The van der Waals surface area contributed by atoms with Gasteiger partial charge in [0.15, 0.2) is 5.65 Å². The Morgan fingerprint density at radius 1 is 1.10 bits per heavy atom. The van der Waals surface area contributed by atoms with Gasteiger partial charge in [-0.3, -0.25) is 19.3 Å². The summed E-state index contributed by atoms with van der Waals surface area (Å²) in [6.45, 7) is 5.32.